The fourth-order valence-corrected chi connectivity index (χ4v) is 3.05. The molecule has 0 fully saturated rings. The van der Waals surface area contributed by atoms with Gasteiger partial charge in [-0.05, 0) is 36.2 Å². The van der Waals surface area contributed by atoms with Crippen LogP contribution in [0.4, 0.5) is 24.5 Å². The van der Waals surface area contributed by atoms with E-state index < -0.39 is 29.8 Å². The largest absolute Gasteiger partial charge is 0.471 e. The van der Waals surface area contributed by atoms with Gasteiger partial charge in [-0.15, -0.1) is 0 Å². The van der Waals surface area contributed by atoms with Gasteiger partial charge in [0.05, 0.1) is 22.5 Å². The van der Waals surface area contributed by atoms with Gasteiger partial charge in [0.1, 0.15) is 0 Å². The zero-order valence-corrected chi connectivity index (χ0v) is 16.5. The highest BCUT2D eigenvalue weighted by Gasteiger charge is 2.39. The molecule has 0 unspecified atom stereocenters. The number of carbonyl (C=O) groups excluding carboxylic acids is 4. The molecule has 0 aromatic heterocycles. The van der Waals surface area contributed by atoms with Crippen LogP contribution in [0.1, 0.15) is 44.9 Å². The predicted octanol–water partition coefficient (Wildman–Crippen LogP) is 3.69. The molecule has 4 amide bonds. The Kier molecular flexibility index (Phi) is 5.83. The number of para-hydroxylation sites is 2. The molecular formula is C21H18F3N3O4. The molecule has 2 aromatic rings. The maximum atomic E-state index is 12.6. The Labute approximate surface area is 175 Å². The zero-order chi connectivity index (χ0) is 22.9. The van der Waals surface area contributed by atoms with Crippen LogP contribution in [0, 0.1) is 5.92 Å². The summed E-state index contributed by atoms with van der Waals surface area (Å²) in [5.74, 6) is -3.80. The molecule has 10 heteroatoms. The quantitative estimate of drug-likeness (QED) is 0.703. The molecule has 3 rings (SSSR count). The van der Waals surface area contributed by atoms with Crippen molar-refractivity contribution in [1.29, 1.82) is 0 Å². The standard InChI is InChI=1S/C21H18F3N3O4/c1-11(2)10-27-18(29)13-8-7-12(9-14(13)19(27)30)17(28)25-15-5-3-4-6-16(15)26-20(31)21(22,23)24/h3-9,11H,10H2,1-2H3,(H,25,28)(H,26,31). The van der Waals surface area contributed by atoms with Crippen LogP contribution in [0.5, 0.6) is 0 Å². The number of fused-ring (bicyclic) bond motifs is 1. The van der Waals surface area contributed by atoms with Crippen molar-refractivity contribution in [3.63, 3.8) is 0 Å². The molecule has 162 valence electrons. The van der Waals surface area contributed by atoms with Crippen molar-refractivity contribution >= 4 is 35.0 Å². The van der Waals surface area contributed by atoms with E-state index in [0.29, 0.717) is 0 Å². The van der Waals surface area contributed by atoms with Crippen LogP contribution in [0.15, 0.2) is 42.5 Å². The number of rotatable bonds is 5. The first-order chi connectivity index (χ1) is 14.5. The van der Waals surface area contributed by atoms with E-state index in [-0.39, 0.29) is 40.5 Å². The molecule has 1 aliphatic heterocycles. The molecule has 1 aliphatic rings. The first kappa shape index (κ1) is 22.0. The van der Waals surface area contributed by atoms with Crippen molar-refractivity contribution < 1.29 is 32.3 Å². The number of imide groups is 1. The van der Waals surface area contributed by atoms with Gasteiger partial charge in [0.25, 0.3) is 17.7 Å². The Bertz CT molecular complexity index is 1080. The average Bonchev–Trinajstić information content (AvgIpc) is 2.92. The summed E-state index contributed by atoms with van der Waals surface area (Å²) in [7, 11) is 0. The molecular weight excluding hydrogens is 415 g/mol. The van der Waals surface area contributed by atoms with Crippen LogP contribution in [0.2, 0.25) is 0 Å². The Morgan fingerprint density at radius 3 is 2.10 bits per heavy atom. The van der Waals surface area contributed by atoms with E-state index in [9.17, 15) is 32.3 Å². The lowest BCUT2D eigenvalue weighted by molar-refractivity contribution is -0.167. The van der Waals surface area contributed by atoms with Crippen LogP contribution in [-0.4, -0.2) is 41.2 Å². The van der Waals surface area contributed by atoms with Crippen LogP contribution >= 0.6 is 0 Å². The number of nitrogens with one attached hydrogen (secondary N) is 2. The van der Waals surface area contributed by atoms with Gasteiger partial charge in [-0.2, -0.15) is 13.2 Å². The second-order valence-corrected chi connectivity index (χ2v) is 7.33. The summed E-state index contributed by atoms with van der Waals surface area (Å²) in [6.45, 7) is 3.95. The van der Waals surface area contributed by atoms with E-state index in [1.165, 1.54) is 42.5 Å². The number of alkyl halides is 3. The Hall–Kier alpha value is -3.69. The number of carbonyl (C=O) groups is 4. The van der Waals surface area contributed by atoms with Gasteiger partial charge in [-0.25, -0.2) is 0 Å². The molecule has 2 N–H and O–H groups in total. The topological polar surface area (TPSA) is 95.6 Å². The van der Waals surface area contributed by atoms with Gasteiger partial charge in [0.15, 0.2) is 0 Å². The summed E-state index contributed by atoms with van der Waals surface area (Å²) in [6, 6.07) is 9.35. The number of hydrogen-bond donors (Lipinski definition) is 2. The lowest BCUT2D eigenvalue weighted by Crippen LogP contribution is -2.33. The summed E-state index contributed by atoms with van der Waals surface area (Å²) in [5.41, 5.74) is -0.0108. The third-order valence-electron chi connectivity index (χ3n) is 4.46. The normalized spacial score (nSPS) is 13.4. The first-order valence-corrected chi connectivity index (χ1v) is 9.28. The zero-order valence-electron chi connectivity index (χ0n) is 16.5. The van der Waals surface area contributed by atoms with Crippen molar-refractivity contribution in [3.05, 3.63) is 59.2 Å². The maximum absolute atomic E-state index is 12.6. The minimum atomic E-state index is -5.09. The smallest absolute Gasteiger partial charge is 0.320 e. The molecule has 7 nitrogen and oxygen atoms in total. The lowest BCUT2D eigenvalue weighted by atomic mass is 10.1. The number of benzene rings is 2. The maximum Gasteiger partial charge on any atom is 0.471 e. The van der Waals surface area contributed by atoms with Gasteiger partial charge in [0.2, 0.25) is 0 Å². The van der Waals surface area contributed by atoms with Crippen LogP contribution < -0.4 is 10.6 Å². The molecule has 1 heterocycles. The minimum absolute atomic E-state index is 0.0308. The van der Waals surface area contributed by atoms with Crippen LogP contribution in [-0.2, 0) is 4.79 Å². The summed E-state index contributed by atoms with van der Waals surface area (Å²) in [6.07, 6.45) is -5.09. The minimum Gasteiger partial charge on any atom is -0.320 e. The van der Waals surface area contributed by atoms with Crippen LogP contribution in [0.25, 0.3) is 0 Å². The number of nitrogens with zero attached hydrogens (tertiary/aromatic N) is 1. The Morgan fingerprint density at radius 1 is 0.935 bits per heavy atom. The highest BCUT2D eigenvalue weighted by Crippen LogP contribution is 2.27. The third kappa shape index (κ3) is 4.57. The van der Waals surface area contributed by atoms with E-state index in [1.54, 1.807) is 5.32 Å². The first-order valence-electron chi connectivity index (χ1n) is 9.28. The van der Waals surface area contributed by atoms with E-state index in [4.69, 9.17) is 0 Å². The molecule has 0 saturated carbocycles. The van der Waals surface area contributed by atoms with Gasteiger partial charge < -0.3 is 10.6 Å². The summed E-state index contributed by atoms with van der Waals surface area (Å²) >= 11 is 0. The average molecular weight is 433 g/mol. The molecule has 0 saturated heterocycles. The van der Waals surface area contributed by atoms with Crippen molar-refractivity contribution in [2.45, 2.75) is 20.0 Å². The van der Waals surface area contributed by atoms with Crippen molar-refractivity contribution in [2.24, 2.45) is 5.92 Å². The molecule has 31 heavy (non-hydrogen) atoms. The second kappa shape index (κ2) is 8.21. The van der Waals surface area contributed by atoms with E-state index >= 15 is 0 Å². The lowest BCUT2D eigenvalue weighted by Gasteiger charge is -2.15. The van der Waals surface area contributed by atoms with Crippen molar-refractivity contribution in [1.82, 2.24) is 4.90 Å². The fraction of sp³-hybridized carbons (Fsp3) is 0.238. The van der Waals surface area contributed by atoms with Gasteiger partial charge in [0, 0.05) is 12.1 Å². The molecule has 0 bridgehead atoms. The molecule has 0 spiro atoms. The number of halogens is 3. The van der Waals surface area contributed by atoms with Gasteiger partial charge >= 0.3 is 12.1 Å². The van der Waals surface area contributed by atoms with Crippen LogP contribution in [0.3, 0.4) is 0 Å². The summed E-state index contributed by atoms with van der Waals surface area (Å²) in [4.78, 5) is 50.0. The monoisotopic (exact) mass is 433 g/mol. The fourth-order valence-electron chi connectivity index (χ4n) is 3.05. The number of anilines is 2. The van der Waals surface area contributed by atoms with Gasteiger partial charge in [-0.3, -0.25) is 24.1 Å². The molecule has 0 aliphatic carbocycles. The number of hydrogen-bond acceptors (Lipinski definition) is 4. The summed E-state index contributed by atoms with van der Waals surface area (Å²) in [5, 5.41) is 4.12. The third-order valence-corrected chi connectivity index (χ3v) is 4.46. The van der Waals surface area contributed by atoms with Gasteiger partial charge in [-0.1, -0.05) is 26.0 Å². The molecule has 2 aromatic carbocycles. The highest BCUT2D eigenvalue weighted by atomic mass is 19.4. The molecule has 0 radical (unpaired) electrons. The van der Waals surface area contributed by atoms with E-state index in [2.05, 4.69) is 5.32 Å². The Morgan fingerprint density at radius 2 is 1.52 bits per heavy atom. The Balaban J connectivity index is 1.83. The van der Waals surface area contributed by atoms with E-state index in [1.807, 2.05) is 13.8 Å². The highest BCUT2D eigenvalue weighted by molar-refractivity contribution is 6.22. The SMILES string of the molecule is CC(C)CN1C(=O)c2ccc(C(=O)Nc3ccccc3NC(=O)C(F)(F)F)cc2C1=O. The van der Waals surface area contributed by atoms with Crippen molar-refractivity contribution in [3.8, 4) is 0 Å². The second-order valence-electron chi connectivity index (χ2n) is 7.33. The van der Waals surface area contributed by atoms with E-state index in [0.717, 1.165) is 4.90 Å². The number of amides is 4. The predicted molar refractivity (Wildman–Crippen MR) is 106 cm³/mol. The molecule has 0 atom stereocenters. The van der Waals surface area contributed by atoms with Crippen molar-refractivity contribution in [2.75, 3.05) is 17.2 Å². The summed E-state index contributed by atoms with van der Waals surface area (Å²) < 4.78 is 37.6.